The highest BCUT2D eigenvalue weighted by molar-refractivity contribution is 5.95. The molecule has 0 spiro atoms. The average molecular weight is 336 g/mol. The van der Waals surface area contributed by atoms with Gasteiger partial charge in [0.25, 0.3) is 5.91 Å². The van der Waals surface area contributed by atoms with Gasteiger partial charge in [0, 0.05) is 24.5 Å². The maximum atomic E-state index is 12.3. The van der Waals surface area contributed by atoms with Gasteiger partial charge in [-0.25, -0.2) is 0 Å². The monoisotopic (exact) mass is 335 g/mol. The summed E-state index contributed by atoms with van der Waals surface area (Å²) in [6, 6.07) is 12.3. The molecule has 1 aromatic carbocycles. The Morgan fingerprint density at radius 1 is 1.17 bits per heavy atom. The van der Waals surface area contributed by atoms with Crippen LogP contribution in [0.2, 0.25) is 0 Å². The lowest BCUT2D eigenvalue weighted by Crippen LogP contribution is -2.25. The zero-order chi connectivity index (χ0) is 15.9. The minimum Gasteiger partial charge on any atom is -0.352 e. The van der Waals surface area contributed by atoms with Crippen LogP contribution in [-0.2, 0) is 6.54 Å². The lowest BCUT2D eigenvalue weighted by atomic mass is 10.2. The summed E-state index contributed by atoms with van der Waals surface area (Å²) in [7, 11) is 0. The summed E-state index contributed by atoms with van der Waals surface area (Å²) in [5, 5.41) is 2.97. The fourth-order valence-electron chi connectivity index (χ4n) is 2.61. The summed E-state index contributed by atoms with van der Waals surface area (Å²) in [5.41, 5.74) is 9.58. The number of hydrogen-bond donors (Lipinski definition) is 2. The number of nitrogens with zero attached hydrogens (tertiary/aromatic N) is 1. The molecule has 126 valence electrons. The quantitative estimate of drug-likeness (QED) is 0.764. The number of nitrogens with two attached hydrogens (primary N) is 1. The Balaban J connectivity index is 0.00000264. The maximum Gasteiger partial charge on any atom is 0.253 e. The van der Waals surface area contributed by atoms with Crippen LogP contribution >= 0.6 is 12.4 Å². The lowest BCUT2D eigenvalue weighted by Gasteiger charge is -2.10. The molecule has 1 heterocycles. The topological polar surface area (TPSA) is 60.1 Å². The minimum atomic E-state index is 0. The van der Waals surface area contributed by atoms with Crippen molar-refractivity contribution < 1.29 is 4.79 Å². The van der Waals surface area contributed by atoms with Crippen LogP contribution in [0, 0.1) is 13.8 Å². The van der Waals surface area contributed by atoms with Crippen molar-refractivity contribution in [2.75, 3.05) is 13.1 Å². The van der Waals surface area contributed by atoms with Crippen molar-refractivity contribution in [1.29, 1.82) is 0 Å². The third-order valence-corrected chi connectivity index (χ3v) is 3.92. The first-order chi connectivity index (χ1) is 10.6. The molecule has 0 saturated carbocycles. The fourth-order valence-corrected chi connectivity index (χ4v) is 2.61. The van der Waals surface area contributed by atoms with Crippen LogP contribution in [0.3, 0.4) is 0 Å². The van der Waals surface area contributed by atoms with Crippen LogP contribution in [0.5, 0.6) is 0 Å². The molecule has 0 aliphatic heterocycles. The highest BCUT2D eigenvalue weighted by Gasteiger charge is 2.15. The van der Waals surface area contributed by atoms with Gasteiger partial charge in [-0.1, -0.05) is 30.3 Å². The van der Waals surface area contributed by atoms with E-state index in [1.54, 1.807) is 0 Å². The van der Waals surface area contributed by atoms with Crippen molar-refractivity contribution in [3.63, 3.8) is 0 Å². The predicted molar refractivity (Wildman–Crippen MR) is 97.3 cm³/mol. The van der Waals surface area contributed by atoms with Crippen LogP contribution in [-0.4, -0.2) is 23.6 Å². The minimum absolute atomic E-state index is 0. The van der Waals surface area contributed by atoms with Gasteiger partial charge < -0.3 is 15.6 Å². The number of nitrogens with one attached hydrogen (secondary N) is 1. The Bertz CT molecular complexity index is 623. The van der Waals surface area contributed by atoms with Gasteiger partial charge in [-0.2, -0.15) is 0 Å². The number of aromatic nitrogens is 1. The van der Waals surface area contributed by atoms with E-state index in [9.17, 15) is 4.79 Å². The largest absolute Gasteiger partial charge is 0.352 e. The highest BCUT2D eigenvalue weighted by Crippen LogP contribution is 2.17. The van der Waals surface area contributed by atoms with E-state index in [-0.39, 0.29) is 18.3 Å². The van der Waals surface area contributed by atoms with E-state index in [1.807, 2.05) is 38.1 Å². The average Bonchev–Trinajstić information content (AvgIpc) is 2.81. The summed E-state index contributed by atoms with van der Waals surface area (Å²) >= 11 is 0. The van der Waals surface area contributed by atoms with Crippen LogP contribution in [0.4, 0.5) is 0 Å². The summed E-state index contributed by atoms with van der Waals surface area (Å²) in [6.45, 7) is 6.19. The van der Waals surface area contributed by atoms with Gasteiger partial charge in [0.1, 0.15) is 0 Å². The first kappa shape index (κ1) is 19.3. The Labute approximate surface area is 144 Å². The third kappa shape index (κ3) is 5.12. The standard InChI is InChI=1S/C18H25N3O.ClH/c1-14-12-17(18(22)20-11-7-6-10-19)15(2)21(14)13-16-8-4-3-5-9-16;/h3-5,8-9,12H,6-7,10-11,13,19H2,1-2H3,(H,20,22);1H. The summed E-state index contributed by atoms with van der Waals surface area (Å²) in [6.07, 6.45) is 1.86. The lowest BCUT2D eigenvalue weighted by molar-refractivity contribution is 0.0952. The number of aryl methyl sites for hydroxylation is 1. The molecule has 0 atom stereocenters. The molecule has 0 aliphatic rings. The number of halogens is 1. The SMILES string of the molecule is Cc1cc(C(=O)NCCCCN)c(C)n1Cc1ccccc1.Cl. The van der Waals surface area contributed by atoms with E-state index >= 15 is 0 Å². The molecule has 0 saturated heterocycles. The molecule has 5 heteroatoms. The zero-order valence-corrected chi connectivity index (χ0v) is 14.7. The van der Waals surface area contributed by atoms with E-state index in [1.165, 1.54) is 5.56 Å². The molecule has 2 rings (SSSR count). The van der Waals surface area contributed by atoms with Crippen molar-refractivity contribution in [2.24, 2.45) is 5.73 Å². The number of benzene rings is 1. The van der Waals surface area contributed by atoms with Crippen molar-refractivity contribution in [2.45, 2.75) is 33.2 Å². The van der Waals surface area contributed by atoms with Gasteiger partial charge in [0.15, 0.2) is 0 Å². The van der Waals surface area contributed by atoms with Crippen LogP contribution in [0.25, 0.3) is 0 Å². The van der Waals surface area contributed by atoms with Gasteiger partial charge in [-0.15, -0.1) is 12.4 Å². The third-order valence-electron chi connectivity index (χ3n) is 3.92. The molecule has 3 N–H and O–H groups in total. The number of rotatable bonds is 7. The summed E-state index contributed by atoms with van der Waals surface area (Å²) in [5.74, 6) is 0.00410. The van der Waals surface area contributed by atoms with E-state index in [0.29, 0.717) is 13.1 Å². The number of hydrogen-bond acceptors (Lipinski definition) is 2. The van der Waals surface area contributed by atoms with Gasteiger partial charge >= 0.3 is 0 Å². The fraction of sp³-hybridized carbons (Fsp3) is 0.389. The molecule has 0 fully saturated rings. The van der Waals surface area contributed by atoms with Crippen molar-refractivity contribution in [3.8, 4) is 0 Å². The van der Waals surface area contributed by atoms with E-state index < -0.39 is 0 Å². The van der Waals surface area contributed by atoms with Gasteiger partial charge in [-0.3, -0.25) is 4.79 Å². The van der Waals surface area contributed by atoms with Crippen molar-refractivity contribution in [1.82, 2.24) is 9.88 Å². The molecular weight excluding hydrogens is 310 g/mol. The van der Waals surface area contributed by atoms with Crippen molar-refractivity contribution >= 4 is 18.3 Å². The molecule has 2 aromatic rings. The van der Waals surface area contributed by atoms with Gasteiger partial charge in [0.05, 0.1) is 5.56 Å². The molecule has 0 unspecified atom stereocenters. The smallest absolute Gasteiger partial charge is 0.253 e. The molecule has 0 aliphatic carbocycles. The maximum absolute atomic E-state index is 12.3. The number of carbonyl (C=O) groups is 1. The first-order valence-electron chi connectivity index (χ1n) is 7.82. The molecule has 1 aromatic heterocycles. The Morgan fingerprint density at radius 2 is 1.87 bits per heavy atom. The van der Waals surface area contributed by atoms with E-state index in [2.05, 4.69) is 22.0 Å². The summed E-state index contributed by atoms with van der Waals surface area (Å²) in [4.78, 5) is 12.3. The van der Waals surface area contributed by atoms with E-state index in [4.69, 9.17) is 5.73 Å². The second kappa shape index (κ2) is 9.38. The normalized spacial score (nSPS) is 10.2. The zero-order valence-electron chi connectivity index (χ0n) is 13.8. The van der Waals surface area contributed by atoms with Crippen molar-refractivity contribution in [3.05, 3.63) is 58.9 Å². The van der Waals surface area contributed by atoms with Gasteiger partial charge in [0.2, 0.25) is 0 Å². The molecule has 0 radical (unpaired) electrons. The van der Waals surface area contributed by atoms with Gasteiger partial charge in [-0.05, 0) is 44.9 Å². The second-order valence-corrected chi connectivity index (χ2v) is 5.61. The highest BCUT2D eigenvalue weighted by atomic mass is 35.5. The predicted octanol–water partition coefficient (Wildman–Crippen LogP) is 3.04. The molecule has 4 nitrogen and oxygen atoms in total. The Kier molecular flexibility index (Phi) is 7.86. The molecule has 0 bridgehead atoms. The number of amides is 1. The molecule has 1 amide bonds. The van der Waals surface area contributed by atoms with Crippen LogP contribution < -0.4 is 11.1 Å². The number of unbranched alkanes of at least 4 members (excludes halogenated alkanes) is 1. The summed E-state index contributed by atoms with van der Waals surface area (Å²) < 4.78 is 2.18. The van der Waals surface area contributed by atoms with Crippen LogP contribution in [0.15, 0.2) is 36.4 Å². The Hall–Kier alpha value is -1.78. The molecular formula is C18H26ClN3O. The second-order valence-electron chi connectivity index (χ2n) is 5.61. The number of carbonyl (C=O) groups excluding carboxylic acids is 1. The van der Waals surface area contributed by atoms with E-state index in [0.717, 1.165) is 36.3 Å². The van der Waals surface area contributed by atoms with Crippen LogP contribution in [0.1, 0.15) is 40.2 Å². The Morgan fingerprint density at radius 3 is 2.52 bits per heavy atom. The first-order valence-corrected chi connectivity index (χ1v) is 7.82. The molecule has 23 heavy (non-hydrogen) atoms.